The zero-order chi connectivity index (χ0) is 39.5. The van der Waals surface area contributed by atoms with E-state index in [1.807, 2.05) is 18.2 Å². The summed E-state index contributed by atoms with van der Waals surface area (Å²) in [5.74, 6) is 4.76. The highest BCUT2D eigenvalue weighted by Gasteiger charge is 2.55. The molecule has 0 spiro atoms. The van der Waals surface area contributed by atoms with Crippen LogP contribution < -0.4 is 14.8 Å². The smallest absolute Gasteiger partial charge is 0.163 e. The van der Waals surface area contributed by atoms with Gasteiger partial charge in [-0.15, -0.1) is 0 Å². The lowest BCUT2D eigenvalue weighted by atomic mass is 9.75. The normalized spacial score (nSPS) is 25.8. The number of nitrogens with one attached hydrogen (secondary N) is 2. The van der Waals surface area contributed by atoms with E-state index in [1.165, 1.54) is 50.6 Å². The summed E-state index contributed by atoms with van der Waals surface area (Å²) in [6.45, 7) is 13.7. The number of aromatic amines is 1. The minimum atomic E-state index is -0.625. The zero-order valence-electron chi connectivity index (χ0n) is 34.9. The molecule has 4 atom stereocenters. The number of benzene rings is 2. The van der Waals surface area contributed by atoms with Crippen LogP contribution in [0.4, 0.5) is 5.82 Å². The van der Waals surface area contributed by atoms with Crippen molar-refractivity contribution in [3.05, 3.63) is 71.9 Å². The molecule has 11 nitrogen and oxygen atoms in total. The van der Waals surface area contributed by atoms with Gasteiger partial charge in [-0.25, -0.2) is 15.0 Å². The van der Waals surface area contributed by atoms with Crippen LogP contribution in [0.1, 0.15) is 103 Å². The average molecular weight is 776 g/mol. The van der Waals surface area contributed by atoms with Gasteiger partial charge in [0, 0.05) is 55.8 Å². The Morgan fingerprint density at radius 2 is 1.77 bits per heavy atom. The number of hydrogen-bond donors (Lipinski definition) is 2. The van der Waals surface area contributed by atoms with Crippen LogP contribution in [0.15, 0.2) is 55.0 Å². The fourth-order valence-electron chi connectivity index (χ4n) is 9.96. The molecular weight excluding hydrogens is 715 g/mol. The molecule has 4 heterocycles. The van der Waals surface area contributed by atoms with Gasteiger partial charge in [0.15, 0.2) is 5.79 Å². The second-order valence-electron chi connectivity index (χ2n) is 18.8. The molecule has 0 unspecified atom stereocenters. The number of ether oxygens (including phenoxy) is 4. The van der Waals surface area contributed by atoms with E-state index >= 15 is 0 Å². The van der Waals surface area contributed by atoms with E-state index in [2.05, 4.69) is 89.8 Å². The number of imidazole rings is 1. The Hall–Kier alpha value is -4.19. The van der Waals surface area contributed by atoms with E-state index in [-0.39, 0.29) is 23.7 Å². The first-order valence-corrected chi connectivity index (χ1v) is 21.3. The molecule has 57 heavy (non-hydrogen) atoms. The minimum Gasteiger partial charge on any atom is -0.497 e. The van der Waals surface area contributed by atoms with Crippen molar-refractivity contribution in [2.24, 2.45) is 17.8 Å². The van der Waals surface area contributed by atoms with Crippen LogP contribution in [0.3, 0.4) is 0 Å². The Kier molecular flexibility index (Phi) is 10.2. The maximum atomic E-state index is 6.77. The minimum absolute atomic E-state index is 0.0380. The van der Waals surface area contributed by atoms with Crippen LogP contribution in [0, 0.1) is 17.8 Å². The second kappa shape index (κ2) is 15.2. The lowest BCUT2D eigenvalue weighted by Crippen LogP contribution is -2.50. The summed E-state index contributed by atoms with van der Waals surface area (Å²) in [7, 11) is 3.35. The Morgan fingerprint density at radius 3 is 2.53 bits per heavy atom. The van der Waals surface area contributed by atoms with Gasteiger partial charge < -0.3 is 33.8 Å². The summed E-state index contributed by atoms with van der Waals surface area (Å²) in [5, 5.41) is 4.54. The fourth-order valence-corrected chi connectivity index (χ4v) is 9.96. The van der Waals surface area contributed by atoms with Crippen molar-refractivity contribution in [3.63, 3.8) is 0 Å². The lowest BCUT2D eigenvalue weighted by Gasteiger charge is -2.46. The predicted molar refractivity (Wildman–Crippen MR) is 224 cm³/mol. The average Bonchev–Trinajstić information content (AvgIpc) is 3.92. The third-order valence-electron chi connectivity index (χ3n) is 13.5. The summed E-state index contributed by atoms with van der Waals surface area (Å²) >= 11 is 0. The van der Waals surface area contributed by atoms with Crippen LogP contribution in [0.5, 0.6) is 11.5 Å². The first-order chi connectivity index (χ1) is 27.4. The number of aromatic nitrogens is 5. The SMILES string of the molecule is COc1ccc(CNc2ncnc3c2ccn3[C@@H]2C[C@H](CN(CC3CCC3)[C@H]3C[C@H](CCc4nc5cc(C(C)(C)C)ccc5[nH]4)C3)[C@H]3OC(C)(C)O[C@H]32)c(OC)c1. The number of aryl methyl sites for hydroxylation is 1. The molecule has 5 aromatic rings. The lowest BCUT2D eigenvalue weighted by molar-refractivity contribution is -0.161. The van der Waals surface area contributed by atoms with Crippen molar-refractivity contribution in [1.82, 2.24) is 29.4 Å². The van der Waals surface area contributed by atoms with Gasteiger partial charge in [-0.2, -0.15) is 0 Å². The van der Waals surface area contributed by atoms with Crippen LogP contribution in [-0.2, 0) is 27.9 Å². The highest BCUT2D eigenvalue weighted by atomic mass is 16.8. The highest BCUT2D eigenvalue weighted by molar-refractivity contribution is 5.87. The van der Waals surface area contributed by atoms with Gasteiger partial charge in [-0.3, -0.25) is 4.90 Å². The number of anilines is 1. The molecule has 2 aromatic carbocycles. The largest absolute Gasteiger partial charge is 0.497 e. The molecule has 1 saturated heterocycles. The molecule has 0 amide bonds. The molecule has 4 fully saturated rings. The molecule has 11 heteroatoms. The van der Waals surface area contributed by atoms with E-state index in [4.69, 9.17) is 28.9 Å². The first-order valence-electron chi connectivity index (χ1n) is 21.3. The van der Waals surface area contributed by atoms with Crippen molar-refractivity contribution < 1.29 is 18.9 Å². The van der Waals surface area contributed by atoms with Gasteiger partial charge in [0.25, 0.3) is 0 Å². The molecule has 0 bridgehead atoms. The van der Waals surface area contributed by atoms with Crippen molar-refractivity contribution in [2.45, 2.75) is 128 Å². The first kappa shape index (κ1) is 38.3. The maximum absolute atomic E-state index is 6.77. The number of nitrogens with zero attached hydrogens (tertiary/aromatic N) is 5. The predicted octanol–water partition coefficient (Wildman–Crippen LogP) is 8.83. The Morgan fingerprint density at radius 1 is 0.947 bits per heavy atom. The summed E-state index contributed by atoms with van der Waals surface area (Å²) in [6, 6.07) is 15.5. The van der Waals surface area contributed by atoms with Crippen molar-refractivity contribution in [1.29, 1.82) is 0 Å². The number of hydrogen-bond acceptors (Lipinski definition) is 9. The molecule has 9 rings (SSSR count). The molecule has 3 aliphatic carbocycles. The molecule has 304 valence electrons. The summed E-state index contributed by atoms with van der Waals surface area (Å²) in [5.41, 5.74) is 5.63. The molecule has 3 aromatic heterocycles. The Bertz CT molecular complexity index is 2200. The van der Waals surface area contributed by atoms with Crippen LogP contribution in [0.25, 0.3) is 22.1 Å². The Balaban J connectivity index is 0.879. The molecule has 4 aliphatic rings. The van der Waals surface area contributed by atoms with E-state index in [9.17, 15) is 0 Å². The molecule has 0 radical (unpaired) electrons. The number of rotatable bonds is 14. The third kappa shape index (κ3) is 7.75. The van der Waals surface area contributed by atoms with Gasteiger partial charge in [-0.05, 0) is 106 Å². The van der Waals surface area contributed by atoms with Crippen molar-refractivity contribution in [2.75, 3.05) is 32.6 Å². The molecule has 2 N–H and O–H groups in total. The standard InChI is InChI=1S/C46H61N7O4/c1-45(2,3)32-13-15-36-37(22-32)51-40(50-36)16-11-29-19-33(20-29)52(25-28-9-8-10-28)26-31-21-38(42-41(31)56-46(4,5)57-42)53-18-17-35-43(48-27-49-44(35)53)47-24-30-12-14-34(54-6)23-39(30)55-7/h12-15,17-18,22-23,27-29,31,33,38,41-42H,8-11,16,19-21,24-26H2,1-7H3,(H,50,51)(H,47,48,49)/t29-,31-,33-,38-,41-,42+/m1/s1. The molecule has 1 aliphatic heterocycles. The van der Waals surface area contributed by atoms with Gasteiger partial charge in [0.2, 0.25) is 0 Å². The van der Waals surface area contributed by atoms with Gasteiger partial charge >= 0.3 is 0 Å². The monoisotopic (exact) mass is 775 g/mol. The number of methoxy groups -OCH3 is 2. The van der Waals surface area contributed by atoms with Crippen LogP contribution in [-0.4, -0.2) is 80.7 Å². The van der Waals surface area contributed by atoms with E-state index in [1.54, 1.807) is 20.5 Å². The number of H-pyrrole nitrogens is 1. The zero-order valence-corrected chi connectivity index (χ0v) is 34.9. The van der Waals surface area contributed by atoms with Gasteiger partial charge in [0.1, 0.15) is 41.2 Å². The number of fused-ring (bicyclic) bond motifs is 3. The van der Waals surface area contributed by atoms with Crippen molar-refractivity contribution >= 4 is 27.9 Å². The van der Waals surface area contributed by atoms with E-state index < -0.39 is 5.79 Å². The van der Waals surface area contributed by atoms with Crippen LogP contribution in [0.2, 0.25) is 0 Å². The van der Waals surface area contributed by atoms with Crippen LogP contribution >= 0.6 is 0 Å². The second-order valence-corrected chi connectivity index (χ2v) is 18.8. The van der Waals surface area contributed by atoms with E-state index in [0.29, 0.717) is 18.5 Å². The Labute approximate surface area is 337 Å². The fraction of sp³-hybridized carbons (Fsp3) is 0.587. The summed E-state index contributed by atoms with van der Waals surface area (Å²) in [4.78, 5) is 21.0. The maximum Gasteiger partial charge on any atom is 0.163 e. The quantitative estimate of drug-likeness (QED) is 0.114. The van der Waals surface area contributed by atoms with E-state index in [0.717, 1.165) is 82.0 Å². The van der Waals surface area contributed by atoms with Gasteiger partial charge in [-0.1, -0.05) is 33.3 Å². The van der Waals surface area contributed by atoms with Gasteiger partial charge in [0.05, 0.1) is 42.8 Å². The topological polar surface area (TPSA) is 112 Å². The van der Waals surface area contributed by atoms with Crippen molar-refractivity contribution in [3.8, 4) is 11.5 Å². The molecule has 3 saturated carbocycles. The highest BCUT2D eigenvalue weighted by Crippen LogP contribution is 2.49. The molecular formula is C46H61N7O4. The third-order valence-corrected chi connectivity index (χ3v) is 13.5. The summed E-state index contributed by atoms with van der Waals surface area (Å²) in [6.07, 6.45) is 13.6. The summed E-state index contributed by atoms with van der Waals surface area (Å²) < 4.78 is 26.9.